The molecule has 0 fully saturated rings. The average Bonchev–Trinajstić information content (AvgIpc) is 2.76. The lowest BCUT2D eigenvalue weighted by Gasteiger charge is -2.24. The number of hydrogen-bond acceptors (Lipinski definition) is 3. The van der Waals surface area contributed by atoms with Crippen molar-refractivity contribution in [3.8, 4) is 23.7 Å². The lowest BCUT2D eigenvalue weighted by atomic mass is 9.98. The quantitative estimate of drug-likeness (QED) is 0.377. The lowest BCUT2D eigenvalue weighted by Crippen LogP contribution is -2.47. The van der Waals surface area contributed by atoms with Gasteiger partial charge in [0.15, 0.2) is 0 Å². The van der Waals surface area contributed by atoms with E-state index in [0.717, 1.165) is 25.4 Å². The van der Waals surface area contributed by atoms with E-state index in [-0.39, 0.29) is 5.41 Å². The second-order valence-corrected chi connectivity index (χ2v) is 14.4. The van der Waals surface area contributed by atoms with Crippen molar-refractivity contribution in [3.63, 3.8) is 0 Å². The van der Waals surface area contributed by atoms with Crippen LogP contribution in [-0.2, 0) is 6.54 Å². The fourth-order valence-electron chi connectivity index (χ4n) is 3.16. The summed E-state index contributed by atoms with van der Waals surface area (Å²) in [6, 6.07) is 18.5. The van der Waals surface area contributed by atoms with Gasteiger partial charge in [0.2, 0.25) is 0 Å². The second-order valence-electron chi connectivity index (χ2n) is 9.76. The zero-order chi connectivity index (χ0) is 23.6. The Morgan fingerprint density at radius 3 is 2.44 bits per heavy atom. The van der Waals surface area contributed by atoms with Crippen LogP contribution in [0.25, 0.3) is 0 Å². The zero-order valence-corrected chi connectivity index (χ0v) is 21.4. The Morgan fingerprint density at radius 2 is 1.81 bits per heavy atom. The van der Waals surface area contributed by atoms with E-state index < -0.39 is 8.07 Å². The molecule has 0 saturated carbocycles. The third-order valence-electron chi connectivity index (χ3n) is 5.16. The maximum atomic E-state index is 9.01. The fraction of sp³-hybridized carbons (Fsp3) is 0.393. The van der Waals surface area contributed by atoms with Gasteiger partial charge in [0.05, 0.1) is 17.9 Å². The average molecular weight is 445 g/mol. The minimum absolute atomic E-state index is 0.0345. The van der Waals surface area contributed by atoms with Crippen LogP contribution in [0.5, 0.6) is 5.75 Å². The van der Waals surface area contributed by atoms with Crippen LogP contribution in [-0.4, -0.2) is 32.3 Å². The number of allylic oxidation sites excluding steroid dienone is 1. The Hall–Kier alpha value is -2.79. The van der Waals surface area contributed by atoms with Gasteiger partial charge in [0.25, 0.3) is 0 Å². The second kappa shape index (κ2) is 11.7. The molecule has 0 aromatic heterocycles. The Kier molecular flexibility index (Phi) is 9.33. The zero-order valence-electron chi connectivity index (χ0n) is 20.4. The van der Waals surface area contributed by atoms with Gasteiger partial charge in [0.1, 0.15) is 13.8 Å². The molecule has 0 unspecified atom stereocenters. The van der Waals surface area contributed by atoms with Crippen molar-refractivity contribution in [2.24, 2.45) is 5.41 Å². The summed E-state index contributed by atoms with van der Waals surface area (Å²) in [5.41, 5.74) is 1.98. The molecule has 3 nitrogen and oxygen atoms in total. The van der Waals surface area contributed by atoms with Crippen molar-refractivity contribution in [2.45, 2.75) is 47.3 Å². The molecule has 0 saturated heterocycles. The van der Waals surface area contributed by atoms with Crippen molar-refractivity contribution in [1.29, 1.82) is 5.26 Å². The highest BCUT2D eigenvalue weighted by Gasteiger charge is 2.24. The standard InChI is InChI=1S/C28H36N2OSi/c1-7-30(19-10-8-9-18-28(2,3)4)22-25-12-11-13-26(20-25)31-23-32(5,6)27-16-14-24(21-29)15-17-27/h8,10-17,20H,7,19,22-23H2,1-6H3. The maximum Gasteiger partial charge on any atom is 0.124 e. The monoisotopic (exact) mass is 444 g/mol. The van der Waals surface area contributed by atoms with Gasteiger partial charge in [-0.15, -0.1) is 0 Å². The Labute approximate surface area is 195 Å². The first-order valence-corrected chi connectivity index (χ1v) is 14.5. The van der Waals surface area contributed by atoms with Crippen molar-refractivity contribution >= 4 is 13.3 Å². The normalized spacial score (nSPS) is 11.8. The first-order valence-electron chi connectivity index (χ1n) is 11.3. The summed E-state index contributed by atoms with van der Waals surface area (Å²) in [6.45, 7) is 15.9. The minimum atomic E-state index is -1.76. The molecule has 0 spiro atoms. The summed E-state index contributed by atoms with van der Waals surface area (Å²) >= 11 is 0. The molecule has 0 radical (unpaired) electrons. The van der Waals surface area contributed by atoms with E-state index in [0.29, 0.717) is 11.8 Å². The summed E-state index contributed by atoms with van der Waals surface area (Å²) in [5, 5.41) is 10.3. The van der Waals surface area contributed by atoms with Crippen LogP contribution >= 0.6 is 0 Å². The number of benzene rings is 2. The number of nitriles is 1. The predicted molar refractivity (Wildman–Crippen MR) is 138 cm³/mol. The van der Waals surface area contributed by atoms with Gasteiger partial charge in [-0.1, -0.05) is 67.4 Å². The summed E-state index contributed by atoms with van der Waals surface area (Å²) in [4.78, 5) is 2.38. The Balaban J connectivity index is 1.96. The van der Waals surface area contributed by atoms with E-state index in [1.54, 1.807) is 0 Å². The largest absolute Gasteiger partial charge is 0.497 e. The van der Waals surface area contributed by atoms with Gasteiger partial charge in [0, 0.05) is 18.5 Å². The predicted octanol–water partition coefficient (Wildman–Crippen LogP) is 5.52. The Morgan fingerprint density at radius 1 is 1.09 bits per heavy atom. The van der Waals surface area contributed by atoms with E-state index in [1.807, 2.05) is 24.3 Å². The number of likely N-dealkylation sites (N-methyl/N-ethyl adjacent to an activating group) is 1. The summed E-state index contributed by atoms with van der Waals surface area (Å²) in [6.07, 6.45) is 4.80. The van der Waals surface area contributed by atoms with Gasteiger partial charge in [-0.3, -0.25) is 4.90 Å². The van der Waals surface area contributed by atoms with Gasteiger partial charge < -0.3 is 4.74 Å². The molecule has 168 valence electrons. The number of rotatable bonds is 9. The molecule has 0 aliphatic carbocycles. The number of nitrogens with zero attached hydrogens (tertiary/aromatic N) is 2. The third kappa shape index (κ3) is 8.75. The molecular formula is C28H36N2OSi. The fourth-order valence-corrected chi connectivity index (χ4v) is 4.92. The number of ether oxygens (including phenoxy) is 1. The molecule has 2 aromatic rings. The van der Waals surface area contributed by atoms with E-state index in [1.165, 1.54) is 10.8 Å². The van der Waals surface area contributed by atoms with Gasteiger partial charge in [-0.25, -0.2) is 0 Å². The smallest absolute Gasteiger partial charge is 0.124 e. The van der Waals surface area contributed by atoms with E-state index in [4.69, 9.17) is 10.00 Å². The molecule has 0 bridgehead atoms. The highest BCUT2D eigenvalue weighted by atomic mass is 28.3. The van der Waals surface area contributed by atoms with Crippen molar-refractivity contribution < 1.29 is 4.74 Å². The molecule has 2 rings (SSSR count). The molecule has 0 aliphatic heterocycles. The molecule has 2 aromatic carbocycles. The third-order valence-corrected chi connectivity index (χ3v) is 7.92. The minimum Gasteiger partial charge on any atom is -0.497 e. The molecule has 0 atom stereocenters. The van der Waals surface area contributed by atoms with Crippen LogP contribution in [0, 0.1) is 28.6 Å². The summed E-state index contributed by atoms with van der Waals surface area (Å²) < 4.78 is 6.23. The van der Waals surface area contributed by atoms with Gasteiger partial charge >= 0.3 is 0 Å². The number of hydrogen-bond donors (Lipinski definition) is 0. The molecule has 0 amide bonds. The van der Waals surface area contributed by atoms with Crippen LogP contribution in [0.4, 0.5) is 0 Å². The lowest BCUT2D eigenvalue weighted by molar-refractivity contribution is 0.310. The molecule has 0 heterocycles. The highest BCUT2D eigenvalue weighted by molar-refractivity contribution is 6.89. The highest BCUT2D eigenvalue weighted by Crippen LogP contribution is 2.17. The van der Waals surface area contributed by atoms with Crippen LogP contribution in [0.1, 0.15) is 38.8 Å². The van der Waals surface area contributed by atoms with Crippen LogP contribution in [0.2, 0.25) is 13.1 Å². The van der Waals surface area contributed by atoms with E-state index >= 15 is 0 Å². The molecule has 32 heavy (non-hydrogen) atoms. The van der Waals surface area contributed by atoms with Crippen molar-refractivity contribution in [1.82, 2.24) is 4.90 Å². The summed E-state index contributed by atoms with van der Waals surface area (Å²) in [5.74, 6) is 7.29. The topological polar surface area (TPSA) is 36.3 Å². The Bertz CT molecular complexity index is 999. The summed E-state index contributed by atoms with van der Waals surface area (Å²) in [7, 11) is -1.76. The van der Waals surface area contributed by atoms with Crippen LogP contribution in [0.15, 0.2) is 60.7 Å². The molecule has 0 aliphatic rings. The van der Waals surface area contributed by atoms with E-state index in [9.17, 15) is 0 Å². The first-order chi connectivity index (χ1) is 15.1. The molecule has 4 heteroatoms. The van der Waals surface area contributed by atoms with E-state index in [2.05, 4.69) is 100 Å². The van der Waals surface area contributed by atoms with Crippen molar-refractivity contribution in [2.75, 3.05) is 19.3 Å². The molecule has 0 N–H and O–H groups in total. The van der Waals surface area contributed by atoms with Crippen LogP contribution < -0.4 is 9.92 Å². The van der Waals surface area contributed by atoms with Gasteiger partial charge in [-0.05, 0) is 63.2 Å². The van der Waals surface area contributed by atoms with Crippen LogP contribution in [0.3, 0.4) is 0 Å². The molecular weight excluding hydrogens is 408 g/mol. The SMILES string of the molecule is CCN(CC=CC#CC(C)(C)C)Cc1cccc(OC[Si](C)(C)c2ccc(C#N)cc2)c1. The maximum absolute atomic E-state index is 9.01. The van der Waals surface area contributed by atoms with Crippen molar-refractivity contribution in [3.05, 3.63) is 71.8 Å². The van der Waals surface area contributed by atoms with Gasteiger partial charge in [-0.2, -0.15) is 5.26 Å². The first kappa shape index (κ1) is 25.5.